The fourth-order valence-electron chi connectivity index (χ4n) is 8.99. The molecule has 0 saturated carbocycles. The zero-order valence-electron chi connectivity index (χ0n) is 33.0. The third kappa shape index (κ3) is 6.23. The minimum Gasteiger partial charge on any atom is -0.310 e. The molecule has 0 saturated heterocycles. The smallest absolute Gasteiger partial charge is 0.0541 e. The quantitative estimate of drug-likeness (QED) is 0.150. The molecule has 0 amide bonds. The second-order valence-corrected chi connectivity index (χ2v) is 15.3. The lowest BCUT2D eigenvalue weighted by Gasteiger charge is -2.29. The van der Waals surface area contributed by atoms with Gasteiger partial charge in [0, 0.05) is 33.3 Å². The number of anilines is 3. The highest BCUT2D eigenvalue weighted by Gasteiger charge is 2.21. The first-order valence-electron chi connectivity index (χ1n) is 20.6. The molecule has 0 spiro atoms. The van der Waals surface area contributed by atoms with E-state index in [2.05, 4.69) is 252 Å². The molecule has 0 N–H and O–H groups in total. The Morgan fingerprint density at radius 3 is 1.57 bits per heavy atom. The molecule has 1 aromatic heterocycles. The van der Waals surface area contributed by atoms with Gasteiger partial charge in [-0.25, -0.2) is 0 Å². The molecule has 1 heterocycles. The van der Waals surface area contributed by atoms with Gasteiger partial charge >= 0.3 is 0 Å². The Balaban J connectivity index is 1.09. The average molecular weight is 765 g/mol. The zero-order valence-corrected chi connectivity index (χ0v) is 33.0. The largest absolute Gasteiger partial charge is 0.310 e. The molecule has 0 aliphatic heterocycles. The van der Waals surface area contributed by atoms with Gasteiger partial charge in [0.15, 0.2) is 0 Å². The van der Waals surface area contributed by atoms with Crippen molar-refractivity contribution in [1.82, 2.24) is 4.57 Å². The molecular weight excluding hydrogens is 725 g/mol. The molecule has 0 aliphatic rings. The minimum absolute atomic E-state index is 1.08. The molecule has 2 nitrogen and oxygen atoms in total. The van der Waals surface area contributed by atoms with Crippen LogP contribution in [0.15, 0.2) is 243 Å². The Hall–Kier alpha value is -7.94. The average Bonchev–Trinajstić information content (AvgIpc) is 3.67. The summed E-state index contributed by atoms with van der Waals surface area (Å²) in [6.07, 6.45) is 0. The molecule has 0 radical (unpaired) electrons. The van der Waals surface area contributed by atoms with E-state index >= 15 is 0 Å². The van der Waals surface area contributed by atoms with Crippen molar-refractivity contribution >= 4 is 49.6 Å². The van der Waals surface area contributed by atoms with Gasteiger partial charge in [0.05, 0.1) is 22.4 Å². The standard InChI is InChI=1S/C58H40N2/c1-3-17-41(18-4-1)45-35-38-58(54(40-45)43-19-5-2-6-20-43)59(48-24-15-23-46(39-48)50-29-16-22-42-21-7-8-25-49(42)50)47-36-33-44(34-37-47)51-26-9-12-30-55(51)60-56-31-13-10-27-52(56)53-28-11-14-32-57(53)60/h1-40H. The number of nitrogens with zero attached hydrogens (tertiary/aromatic N) is 2. The molecule has 11 aromatic rings. The summed E-state index contributed by atoms with van der Waals surface area (Å²) in [4.78, 5) is 2.42. The van der Waals surface area contributed by atoms with Crippen LogP contribution in [0, 0.1) is 0 Å². The third-order valence-electron chi connectivity index (χ3n) is 11.8. The lowest BCUT2D eigenvalue weighted by atomic mass is 9.95. The van der Waals surface area contributed by atoms with E-state index in [1.165, 1.54) is 60.4 Å². The van der Waals surface area contributed by atoms with Crippen molar-refractivity contribution in [3.63, 3.8) is 0 Å². The number of aromatic nitrogens is 1. The van der Waals surface area contributed by atoms with Crippen molar-refractivity contribution in [2.75, 3.05) is 4.90 Å². The van der Waals surface area contributed by atoms with Crippen molar-refractivity contribution in [2.24, 2.45) is 0 Å². The molecule has 60 heavy (non-hydrogen) atoms. The van der Waals surface area contributed by atoms with E-state index in [0.717, 1.165) is 39.4 Å². The van der Waals surface area contributed by atoms with E-state index in [9.17, 15) is 0 Å². The van der Waals surface area contributed by atoms with Crippen LogP contribution in [0.1, 0.15) is 0 Å². The lowest BCUT2D eigenvalue weighted by Crippen LogP contribution is -2.11. The van der Waals surface area contributed by atoms with E-state index < -0.39 is 0 Å². The van der Waals surface area contributed by atoms with E-state index in [4.69, 9.17) is 0 Å². The summed E-state index contributed by atoms with van der Waals surface area (Å²) in [7, 11) is 0. The Bertz CT molecular complexity index is 3250. The molecular formula is C58H40N2. The lowest BCUT2D eigenvalue weighted by molar-refractivity contribution is 1.18. The molecule has 10 aromatic carbocycles. The first-order chi connectivity index (χ1) is 29.8. The summed E-state index contributed by atoms with van der Waals surface area (Å²) < 4.78 is 2.42. The van der Waals surface area contributed by atoms with Crippen LogP contribution in [0.5, 0.6) is 0 Å². The van der Waals surface area contributed by atoms with Gasteiger partial charge < -0.3 is 9.47 Å². The fourth-order valence-corrected chi connectivity index (χ4v) is 8.99. The van der Waals surface area contributed by atoms with Crippen LogP contribution in [0.3, 0.4) is 0 Å². The van der Waals surface area contributed by atoms with Gasteiger partial charge in [-0.3, -0.25) is 0 Å². The zero-order chi connectivity index (χ0) is 39.8. The maximum absolute atomic E-state index is 2.42. The first kappa shape index (κ1) is 35.2. The highest BCUT2D eigenvalue weighted by molar-refractivity contribution is 6.10. The number of para-hydroxylation sites is 3. The summed E-state index contributed by atoms with van der Waals surface area (Å²) in [5.41, 5.74) is 16.3. The topological polar surface area (TPSA) is 8.17 Å². The normalized spacial score (nSPS) is 11.3. The minimum atomic E-state index is 1.08. The number of fused-ring (bicyclic) bond motifs is 4. The monoisotopic (exact) mass is 764 g/mol. The van der Waals surface area contributed by atoms with Gasteiger partial charge in [-0.05, 0) is 98.8 Å². The van der Waals surface area contributed by atoms with Gasteiger partial charge in [-0.2, -0.15) is 0 Å². The van der Waals surface area contributed by atoms with E-state index in [1.54, 1.807) is 0 Å². The molecule has 0 aliphatic carbocycles. The molecule has 282 valence electrons. The van der Waals surface area contributed by atoms with Gasteiger partial charge in [-0.1, -0.05) is 188 Å². The van der Waals surface area contributed by atoms with Crippen LogP contribution in [0.25, 0.3) is 82.8 Å². The Morgan fingerprint density at radius 2 is 0.817 bits per heavy atom. The molecule has 0 unspecified atom stereocenters. The predicted octanol–water partition coefficient (Wildman–Crippen LogP) is 16.1. The van der Waals surface area contributed by atoms with E-state index in [1.807, 2.05) is 0 Å². The number of hydrogen-bond donors (Lipinski definition) is 0. The summed E-state index contributed by atoms with van der Waals surface area (Å²) in [6, 6.07) is 87.9. The van der Waals surface area contributed by atoms with E-state index in [0.29, 0.717) is 0 Å². The van der Waals surface area contributed by atoms with Crippen LogP contribution in [0.2, 0.25) is 0 Å². The van der Waals surface area contributed by atoms with Crippen LogP contribution in [-0.4, -0.2) is 4.57 Å². The molecule has 0 fully saturated rings. The Morgan fingerprint density at radius 1 is 0.283 bits per heavy atom. The van der Waals surface area contributed by atoms with Crippen molar-refractivity contribution in [3.05, 3.63) is 243 Å². The van der Waals surface area contributed by atoms with Crippen LogP contribution < -0.4 is 4.90 Å². The third-order valence-corrected chi connectivity index (χ3v) is 11.8. The summed E-state index contributed by atoms with van der Waals surface area (Å²) in [5.74, 6) is 0. The van der Waals surface area contributed by atoms with Crippen molar-refractivity contribution in [2.45, 2.75) is 0 Å². The Labute approximate surface area is 350 Å². The van der Waals surface area contributed by atoms with E-state index in [-0.39, 0.29) is 0 Å². The summed E-state index contributed by atoms with van der Waals surface area (Å²) >= 11 is 0. The highest BCUT2D eigenvalue weighted by atomic mass is 15.1. The van der Waals surface area contributed by atoms with Gasteiger partial charge in [0.2, 0.25) is 0 Å². The van der Waals surface area contributed by atoms with Gasteiger partial charge in [0.1, 0.15) is 0 Å². The molecule has 0 atom stereocenters. The number of hydrogen-bond acceptors (Lipinski definition) is 1. The number of rotatable bonds is 8. The summed E-state index contributed by atoms with van der Waals surface area (Å²) in [5, 5.41) is 4.99. The van der Waals surface area contributed by atoms with Crippen molar-refractivity contribution in [1.29, 1.82) is 0 Å². The van der Waals surface area contributed by atoms with Crippen molar-refractivity contribution in [3.8, 4) is 50.2 Å². The summed E-state index contributed by atoms with van der Waals surface area (Å²) in [6.45, 7) is 0. The molecule has 11 rings (SSSR count). The second-order valence-electron chi connectivity index (χ2n) is 15.3. The van der Waals surface area contributed by atoms with Gasteiger partial charge in [-0.15, -0.1) is 0 Å². The fraction of sp³-hybridized carbons (Fsp3) is 0. The SMILES string of the molecule is c1ccc(-c2ccc(N(c3ccc(-c4ccccc4-n4c5ccccc5c5ccccc54)cc3)c3cccc(-c4cccc5ccccc45)c3)c(-c3ccccc3)c2)cc1. The molecule has 0 bridgehead atoms. The molecule has 2 heteroatoms. The van der Waals surface area contributed by atoms with Crippen LogP contribution in [0.4, 0.5) is 17.1 Å². The predicted molar refractivity (Wildman–Crippen MR) is 255 cm³/mol. The van der Waals surface area contributed by atoms with Crippen LogP contribution in [-0.2, 0) is 0 Å². The Kier molecular flexibility index (Phi) is 8.87. The highest BCUT2D eigenvalue weighted by Crippen LogP contribution is 2.45. The first-order valence-corrected chi connectivity index (χ1v) is 20.6. The van der Waals surface area contributed by atoms with Gasteiger partial charge in [0.25, 0.3) is 0 Å². The maximum Gasteiger partial charge on any atom is 0.0541 e. The maximum atomic E-state index is 2.42. The van der Waals surface area contributed by atoms with Crippen molar-refractivity contribution < 1.29 is 0 Å². The second kappa shape index (κ2) is 15.1. The van der Waals surface area contributed by atoms with Crippen LogP contribution >= 0.6 is 0 Å². The number of benzene rings is 10.